The van der Waals surface area contributed by atoms with Crippen molar-refractivity contribution in [1.82, 2.24) is 15.6 Å². The third-order valence-electron chi connectivity index (χ3n) is 6.25. The number of furan rings is 1. The van der Waals surface area contributed by atoms with E-state index in [2.05, 4.69) is 15.6 Å². The van der Waals surface area contributed by atoms with Crippen molar-refractivity contribution in [1.29, 1.82) is 0 Å². The summed E-state index contributed by atoms with van der Waals surface area (Å²) in [5.74, 6) is -1.07. The maximum absolute atomic E-state index is 13.7. The van der Waals surface area contributed by atoms with Crippen LogP contribution in [-0.2, 0) is 16.0 Å². The molecule has 4 rings (SSSR count). The Balaban J connectivity index is 1.70. The first-order valence-electron chi connectivity index (χ1n) is 12.0. The first kappa shape index (κ1) is 24.2. The summed E-state index contributed by atoms with van der Waals surface area (Å²) in [5, 5.41) is 5.76. The third-order valence-corrected chi connectivity index (χ3v) is 6.25. The molecule has 0 aliphatic heterocycles. The first-order chi connectivity index (χ1) is 17.1. The monoisotopic (exact) mass is 474 g/mol. The molecule has 1 aliphatic rings. The molecule has 2 heterocycles. The second-order valence-electron chi connectivity index (χ2n) is 8.58. The van der Waals surface area contributed by atoms with Crippen molar-refractivity contribution in [3.63, 3.8) is 0 Å². The highest BCUT2D eigenvalue weighted by Crippen LogP contribution is 2.31. The zero-order valence-corrected chi connectivity index (χ0v) is 19.8. The van der Waals surface area contributed by atoms with E-state index < -0.39 is 17.9 Å². The SMILES string of the molecule is CCc1ccccc1N(C(=O)CNC(=O)c1ccco1)[C@H](C(=O)NC1CCCC1)c1cccnc1. The molecule has 3 amide bonds. The van der Waals surface area contributed by atoms with Crippen molar-refractivity contribution in [2.24, 2.45) is 0 Å². The molecule has 1 aromatic carbocycles. The van der Waals surface area contributed by atoms with Crippen molar-refractivity contribution in [3.8, 4) is 0 Å². The zero-order valence-electron chi connectivity index (χ0n) is 19.8. The van der Waals surface area contributed by atoms with Gasteiger partial charge in [0.25, 0.3) is 5.91 Å². The van der Waals surface area contributed by atoms with Gasteiger partial charge >= 0.3 is 0 Å². The van der Waals surface area contributed by atoms with Gasteiger partial charge in [0, 0.05) is 29.7 Å². The Labute approximate surface area is 204 Å². The minimum absolute atomic E-state index is 0.0821. The lowest BCUT2D eigenvalue weighted by Crippen LogP contribution is -2.49. The van der Waals surface area contributed by atoms with E-state index in [0.29, 0.717) is 17.7 Å². The molecule has 0 saturated heterocycles. The fourth-order valence-corrected chi connectivity index (χ4v) is 4.50. The van der Waals surface area contributed by atoms with Gasteiger partial charge in [-0.2, -0.15) is 0 Å². The number of benzene rings is 1. The van der Waals surface area contributed by atoms with E-state index in [0.717, 1.165) is 31.2 Å². The van der Waals surface area contributed by atoms with Crippen molar-refractivity contribution in [2.75, 3.05) is 11.4 Å². The van der Waals surface area contributed by atoms with Crippen molar-refractivity contribution in [2.45, 2.75) is 51.1 Å². The maximum atomic E-state index is 13.7. The van der Waals surface area contributed by atoms with Gasteiger partial charge in [-0.3, -0.25) is 24.3 Å². The van der Waals surface area contributed by atoms with Gasteiger partial charge in [0.2, 0.25) is 11.8 Å². The molecule has 2 aromatic heterocycles. The van der Waals surface area contributed by atoms with Gasteiger partial charge in [0.1, 0.15) is 6.04 Å². The number of aryl methyl sites for hydroxylation is 1. The number of aromatic nitrogens is 1. The molecule has 0 unspecified atom stereocenters. The highest BCUT2D eigenvalue weighted by molar-refractivity contribution is 6.04. The summed E-state index contributed by atoms with van der Waals surface area (Å²) in [7, 11) is 0. The highest BCUT2D eigenvalue weighted by Gasteiger charge is 2.35. The molecule has 1 atom stereocenters. The predicted octanol–water partition coefficient (Wildman–Crippen LogP) is 3.80. The molecule has 182 valence electrons. The lowest BCUT2D eigenvalue weighted by Gasteiger charge is -2.33. The van der Waals surface area contributed by atoms with Crippen LogP contribution in [0.4, 0.5) is 5.69 Å². The summed E-state index contributed by atoms with van der Waals surface area (Å²) in [4.78, 5) is 45.6. The molecule has 1 saturated carbocycles. The van der Waals surface area contributed by atoms with Crippen LogP contribution < -0.4 is 15.5 Å². The molecule has 0 bridgehead atoms. The fraction of sp³-hybridized carbons (Fsp3) is 0.333. The third kappa shape index (κ3) is 5.77. The molecule has 2 N–H and O–H groups in total. The van der Waals surface area contributed by atoms with Gasteiger partial charge < -0.3 is 15.1 Å². The van der Waals surface area contributed by atoms with Gasteiger partial charge in [-0.25, -0.2) is 0 Å². The molecule has 3 aromatic rings. The smallest absolute Gasteiger partial charge is 0.287 e. The number of pyridine rings is 1. The van der Waals surface area contributed by atoms with E-state index in [-0.39, 0.29) is 24.3 Å². The van der Waals surface area contributed by atoms with Gasteiger partial charge in [0.15, 0.2) is 5.76 Å². The summed E-state index contributed by atoms with van der Waals surface area (Å²) in [5.41, 5.74) is 2.14. The molecule has 0 radical (unpaired) electrons. The van der Waals surface area contributed by atoms with Crippen molar-refractivity contribution < 1.29 is 18.8 Å². The number of carbonyl (C=O) groups excluding carboxylic acids is 3. The van der Waals surface area contributed by atoms with Crippen LogP contribution in [0.3, 0.4) is 0 Å². The highest BCUT2D eigenvalue weighted by atomic mass is 16.3. The summed E-state index contributed by atoms with van der Waals surface area (Å²) in [6, 6.07) is 13.3. The van der Waals surface area contributed by atoms with Crippen LogP contribution in [0.15, 0.2) is 71.6 Å². The molecular weight excluding hydrogens is 444 g/mol. The number of para-hydroxylation sites is 1. The number of nitrogens with one attached hydrogen (secondary N) is 2. The summed E-state index contributed by atoms with van der Waals surface area (Å²) in [6.45, 7) is 1.70. The lowest BCUT2D eigenvalue weighted by molar-refractivity contribution is -0.126. The van der Waals surface area contributed by atoms with Crippen LogP contribution in [0.2, 0.25) is 0 Å². The topological polar surface area (TPSA) is 105 Å². The zero-order chi connectivity index (χ0) is 24.6. The van der Waals surface area contributed by atoms with Crippen LogP contribution in [0, 0.1) is 0 Å². The van der Waals surface area contributed by atoms with E-state index in [9.17, 15) is 14.4 Å². The van der Waals surface area contributed by atoms with Crippen LogP contribution >= 0.6 is 0 Å². The normalized spacial score (nSPS) is 14.3. The average molecular weight is 475 g/mol. The Hall–Kier alpha value is -3.94. The minimum Gasteiger partial charge on any atom is -0.459 e. The average Bonchev–Trinajstić information content (AvgIpc) is 3.61. The number of hydrogen-bond donors (Lipinski definition) is 2. The lowest BCUT2D eigenvalue weighted by atomic mass is 10.0. The molecule has 0 spiro atoms. The Morgan fingerprint density at radius 2 is 1.89 bits per heavy atom. The quantitative estimate of drug-likeness (QED) is 0.491. The molecule has 8 heteroatoms. The van der Waals surface area contributed by atoms with Crippen molar-refractivity contribution in [3.05, 3.63) is 84.1 Å². The number of hydrogen-bond acceptors (Lipinski definition) is 5. The number of carbonyl (C=O) groups is 3. The summed E-state index contributed by atoms with van der Waals surface area (Å²) >= 11 is 0. The van der Waals surface area contributed by atoms with E-state index in [1.54, 1.807) is 30.6 Å². The van der Waals surface area contributed by atoms with Gasteiger partial charge in [-0.05, 0) is 49.1 Å². The number of amides is 3. The Morgan fingerprint density at radius 3 is 2.57 bits per heavy atom. The Bertz CT molecular complexity index is 1140. The largest absolute Gasteiger partial charge is 0.459 e. The predicted molar refractivity (Wildman–Crippen MR) is 132 cm³/mol. The molecule has 8 nitrogen and oxygen atoms in total. The van der Waals surface area contributed by atoms with E-state index >= 15 is 0 Å². The van der Waals surface area contributed by atoms with Crippen LogP contribution in [-0.4, -0.2) is 35.3 Å². The van der Waals surface area contributed by atoms with E-state index in [4.69, 9.17) is 4.42 Å². The van der Waals surface area contributed by atoms with Gasteiger partial charge in [0.05, 0.1) is 12.8 Å². The standard InChI is InChI=1S/C27H30N4O4/c1-2-19-9-3-6-13-22(19)31(24(32)18-29-26(33)23-14-8-16-35-23)25(20-10-7-15-28-17-20)27(34)30-21-11-4-5-12-21/h3,6-10,13-17,21,25H,2,4-5,11-12,18H2,1H3,(H,29,33)(H,30,34)/t25-/m0/s1. The maximum Gasteiger partial charge on any atom is 0.287 e. The summed E-state index contributed by atoms with van der Waals surface area (Å²) in [6.07, 6.45) is 9.29. The van der Waals surface area contributed by atoms with Crippen LogP contribution in [0.5, 0.6) is 0 Å². The van der Waals surface area contributed by atoms with E-state index in [1.165, 1.54) is 17.2 Å². The van der Waals surface area contributed by atoms with Crippen molar-refractivity contribution >= 4 is 23.4 Å². The number of rotatable bonds is 9. The second-order valence-corrected chi connectivity index (χ2v) is 8.58. The fourth-order valence-electron chi connectivity index (χ4n) is 4.50. The number of anilines is 1. The number of nitrogens with zero attached hydrogens (tertiary/aromatic N) is 2. The molecule has 1 fully saturated rings. The Kier molecular flexibility index (Phi) is 7.92. The molecular formula is C27H30N4O4. The minimum atomic E-state index is -0.940. The Morgan fingerprint density at radius 1 is 1.09 bits per heavy atom. The van der Waals surface area contributed by atoms with Gasteiger partial charge in [-0.1, -0.05) is 44.0 Å². The van der Waals surface area contributed by atoms with E-state index in [1.807, 2.05) is 31.2 Å². The second kappa shape index (κ2) is 11.5. The van der Waals surface area contributed by atoms with Gasteiger partial charge in [-0.15, -0.1) is 0 Å². The molecule has 1 aliphatic carbocycles. The first-order valence-corrected chi connectivity index (χ1v) is 12.0. The molecule has 35 heavy (non-hydrogen) atoms. The summed E-state index contributed by atoms with van der Waals surface area (Å²) < 4.78 is 5.13. The van der Waals surface area contributed by atoms with Crippen LogP contribution in [0.1, 0.15) is 60.3 Å². The van der Waals surface area contributed by atoms with Crippen LogP contribution in [0.25, 0.3) is 0 Å².